The number of rotatable bonds is 3. The topological polar surface area (TPSA) is 23.6 Å². The molecule has 0 radical (unpaired) electrons. The van der Waals surface area contributed by atoms with Crippen LogP contribution in [-0.4, -0.2) is 53.8 Å². The summed E-state index contributed by atoms with van der Waals surface area (Å²) in [6.45, 7) is 8.16. The van der Waals surface area contributed by atoms with Crippen molar-refractivity contribution >= 4 is 5.78 Å². The van der Waals surface area contributed by atoms with E-state index in [1.807, 2.05) is 6.08 Å². The van der Waals surface area contributed by atoms with Crippen molar-refractivity contribution in [1.82, 2.24) is 9.80 Å². The van der Waals surface area contributed by atoms with E-state index in [-0.39, 0.29) is 6.04 Å². The molecule has 0 amide bonds. The van der Waals surface area contributed by atoms with E-state index in [0.29, 0.717) is 17.7 Å². The number of hydrogen-bond donors (Lipinski definition) is 0. The van der Waals surface area contributed by atoms with Crippen LogP contribution in [0, 0.1) is 5.92 Å². The Morgan fingerprint density at radius 2 is 2.22 bits per heavy atom. The lowest BCUT2D eigenvalue weighted by Gasteiger charge is -2.52. The first-order valence-corrected chi connectivity index (χ1v) is 7.42. The van der Waals surface area contributed by atoms with Gasteiger partial charge in [-0.3, -0.25) is 9.69 Å². The van der Waals surface area contributed by atoms with E-state index in [1.165, 1.54) is 12.8 Å². The molecule has 3 nitrogen and oxygen atoms in total. The van der Waals surface area contributed by atoms with Crippen LogP contribution in [0.15, 0.2) is 12.7 Å². The van der Waals surface area contributed by atoms with Gasteiger partial charge in [-0.25, -0.2) is 0 Å². The second-order valence-electron chi connectivity index (χ2n) is 6.08. The number of piperidine rings is 3. The minimum atomic E-state index is 0.268. The molecule has 3 fully saturated rings. The lowest BCUT2D eigenvalue weighted by atomic mass is 9.78. The summed E-state index contributed by atoms with van der Waals surface area (Å²) >= 11 is 0. The summed E-state index contributed by atoms with van der Waals surface area (Å²) in [5, 5.41) is 0. The van der Waals surface area contributed by atoms with E-state index >= 15 is 0 Å². The van der Waals surface area contributed by atoms with Gasteiger partial charge in [0.2, 0.25) is 0 Å². The van der Waals surface area contributed by atoms with Crippen LogP contribution in [-0.2, 0) is 4.79 Å². The van der Waals surface area contributed by atoms with Crippen molar-refractivity contribution in [2.75, 3.05) is 26.2 Å². The second kappa shape index (κ2) is 5.14. The lowest BCUT2D eigenvalue weighted by Crippen LogP contribution is -2.64. The predicted molar refractivity (Wildman–Crippen MR) is 72.5 cm³/mol. The zero-order valence-corrected chi connectivity index (χ0v) is 11.2. The minimum absolute atomic E-state index is 0.268. The van der Waals surface area contributed by atoms with Gasteiger partial charge < -0.3 is 4.90 Å². The fourth-order valence-corrected chi connectivity index (χ4v) is 4.03. The van der Waals surface area contributed by atoms with Crippen molar-refractivity contribution in [2.45, 2.75) is 44.2 Å². The highest BCUT2D eigenvalue weighted by Gasteiger charge is 2.46. The highest BCUT2D eigenvalue weighted by atomic mass is 16.1. The summed E-state index contributed by atoms with van der Waals surface area (Å²) in [6.07, 6.45) is 7.76. The van der Waals surface area contributed by atoms with Gasteiger partial charge in [-0.1, -0.05) is 12.5 Å². The Balaban J connectivity index is 1.72. The first-order chi connectivity index (χ1) is 8.79. The van der Waals surface area contributed by atoms with E-state index in [9.17, 15) is 4.79 Å². The molecular weight excluding hydrogens is 224 g/mol. The third-order valence-corrected chi connectivity index (χ3v) is 4.90. The Hall–Kier alpha value is -0.670. The molecule has 0 spiro atoms. The summed E-state index contributed by atoms with van der Waals surface area (Å²) in [5.41, 5.74) is 0. The molecule has 0 aromatic heterocycles. The van der Waals surface area contributed by atoms with Gasteiger partial charge in [-0.15, -0.1) is 6.58 Å². The number of hydrogen-bond acceptors (Lipinski definition) is 3. The summed E-state index contributed by atoms with van der Waals surface area (Å²) in [4.78, 5) is 17.5. The monoisotopic (exact) mass is 248 g/mol. The van der Waals surface area contributed by atoms with Gasteiger partial charge in [0.25, 0.3) is 0 Å². The first kappa shape index (κ1) is 12.4. The van der Waals surface area contributed by atoms with Crippen LogP contribution in [0.5, 0.6) is 0 Å². The number of carbonyl (C=O) groups excluding carboxylic acids is 1. The second-order valence-corrected chi connectivity index (χ2v) is 6.08. The first-order valence-electron chi connectivity index (χ1n) is 7.42. The molecule has 0 aromatic carbocycles. The number of carbonyl (C=O) groups is 1. The van der Waals surface area contributed by atoms with Crippen LogP contribution in [0.3, 0.4) is 0 Å². The summed E-state index contributed by atoms with van der Waals surface area (Å²) < 4.78 is 0. The van der Waals surface area contributed by atoms with Crippen LogP contribution in [0.2, 0.25) is 0 Å². The molecule has 2 bridgehead atoms. The molecule has 3 aliphatic rings. The third kappa shape index (κ3) is 2.14. The van der Waals surface area contributed by atoms with Crippen molar-refractivity contribution in [3.63, 3.8) is 0 Å². The van der Waals surface area contributed by atoms with Crippen LogP contribution in [0.4, 0.5) is 0 Å². The molecule has 3 heterocycles. The number of nitrogens with zero attached hydrogens (tertiary/aromatic N) is 2. The Kier molecular flexibility index (Phi) is 3.53. The number of ketones is 1. The largest absolute Gasteiger partial charge is 0.301 e. The SMILES string of the molecule is C=CCCN1CC2CC(C1)N1CCCCC1C2=O. The van der Waals surface area contributed by atoms with E-state index < -0.39 is 0 Å². The zero-order chi connectivity index (χ0) is 12.5. The highest BCUT2D eigenvalue weighted by Crippen LogP contribution is 2.34. The third-order valence-electron chi connectivity index (χ3n) is 4.90. The molecular formula is C15H24N2O. The van der Waals surface area contributed by atoms with Crippen LogP contribution in [0.1, 0.15) is 32.1 Å². The van der Waals surface area contributed by atoms with E-state index in [0.717, 1.165) is 45.4 Å². The van der Waals surface area contributed by atoms with Gasteiger partial charge >= 0.3 is 0 Å². The van der Waals surface area contributed by atoms with Gasteiger partial charge in [0, 0.05) is 31.6 Å². The molecule has 3 atom stereocenters. The highest BCUT2D eigenvalue weighted by molar-refractivity contribution is 5.87. The molecule has 0 N–H and O–H groups in total. The van der Waals surface area contributed by atoms with Gasteiger partial charge in [0.05, 0.1) is 6.04 Å². The smallest absolute Gasteiger partial charge is 0.154 e. The molecule has 3 aliphatic heterocycles. The predicted octanol–water partition coefficient (Wildman–Crippen LogP) is 1.69. The fourth-order valence-electron chi connectivity index (χ4n) is 4.03. The fraction of sp³-hybridized carbons (Fsp3) is 0.800. The van der Waals surface area contributed by atoms with Crippen molar-refractivity contribution in [1.29, 1.82) is 0 Å². The van der Waals surface area contributed by atoms with Crippen molar-refractivity contribution in [3.8, 4) is 0 Å². The van der Waals surface area contributed by atoms with Crippen molar-refractivity contribution < 1.29 is 4.79 Å². The Labute approximate surface area is 110 Å². The summed E-state index contributed by atoms with van der Waals surface area (Å²) in [5.74, 6) is 0.849. The Bertz CT molecular complexity index is 341. The average molecular weight is 248 g/mol. The van der Waals surface area contributed by atoms with Gasteiger partial charge in [-0.2, -0.15) is 0 Å². The molecule has 3 saturated heterocycles. The summed E-state index contributed by atoms with van der Waals surface area (Å²) in [7, 11) is 0. The zero-order valence-electron chi connectivity index (χ0n) is 11.2. The van der Waals surface area contributed by atoms with Gasteiger partial charge in [0.1, 0.15) is 0 Å². The Morgan fingerprint density at radius 3 is 3.06 bits per heavy atom. The maximum absolute atomic E-state index is 12.5. The molecule has 18 heavy (non-hydrogen) atoms. The Morgan fingerprint density at radius 1 is 1.33 bits per heavy atom. The number of Topliss-reactive ketones (excluding diaryl/α,β-unsaturated/α-hetero) is 1. The molecule has 0 saturated carbocycles. The molecule has 100 valence electrons. The molecule has 0 aliphatic carbocycles. The van der Waals surface area contributed by atoms with Crippen LogP contribution >= 0.6 is 0 Å². The maximum Gasteiger partial charge on any atom is 0.154 e. The summed E-state index contributed by atoms with van der Waals surface area (Å²) in [6, 6.07) is 0.903. The van der Waals surface area contributed by atoms with E-state index in [1.54, 1.807) is 0 Å². The van der Waals surface area contributed by atoms with E-state index in [4.69, 9.17) is 0 Å². The van der Waals surface area contributed by atoms with Crippen molar-refractivity contribution in [2.24, 2.45) is 5.92 Å². The molecule has 3 rings (SSSR count). The van der Waals surface area contributed by atoms with Crippen LogP contribution in [0.25, 0.3) is 0 Å². The quantitative estimate of drug-likeness (QED) is 0.710. The number of likely N-dealkylation sites (tertiary alicyclic amines) is 1. The minimum Gasteiger partial charge on any atom is -0.301 e. The normalized spacial score (nSPS) is 37.3. The van der Waals surface area contributed by atoms with E-state index in [2.05, 4.69) is 16.4 Å². The standard InChI is InChI=1S/C15H24N2O/c1-2-3-7-16-10-12-9-13(11-16)17-8-5-4-6-14(17)15(12)18/h2,12-14H,1,3-11H2. The maximum atomic E-state index is 12.5. The van der Waals surface area contributed by atoms with Crippen molar-refractivity contribution in [3.05, 3.63) is 12.7 Å². The molecule has 3 heteroatoms. The lowest BCUT2D eigenvalue weighted by molar-refractivity contribution is -0.142. The van der Waals surface area contributed by atoms with Gasteiger partial charge in [-0.05, 0) is 32.2 Å². The van der Waals surface area contributed by atoms with Gasteiger partial charge in [0.15, 0.2) is 5.78 Å². The average Bonchev–Trinajstić information content (AvgIpc) is 2.43. The van der Waals surface area contributed by atoms with Crippen LogP contribution < -0.4 is 0 Å². The number of fused-ring (bicyclic) bond motifs is 4. The molecule has 0 aromatic rings. The molecule has 3 unspecified atom stereocenters.